The molecule has 1 unspecified atom stereocenters. The first-order valence-corrected chi connectivity index (χ1v) is 7.53. The summed E-state index contributed by atoms with van der Waals surface area (Å²) in [6.45, 7) is 10.6. The molecule has 0 spiro atoms. The summed E-state index contributed by atoms with van der Waals surface area (Å²) in [5.74, 6) is 0. The van der Waals surface area contributed by atoms with Crippen molar-refractivity contribution in [3.05, 3.63) is 22.4 Å². The van der Waals surface area contributed by atoms with Crippen LogP contribution >= 0.6 is 11.3 Å². The van der Waals surface area contributed by atoms with E-state index in [4.69, 9.17) is 4.74 Å². The Morgan fingerprint density at radius 3 is 2.67 bits per heavy atom. The van der Waals surface area contributed by atoms with Crippen LogP contribution in [-0.4, -0.2) is 44.3 Å². The van der Waals surface area contributed by atoms with Crippen LogP contribution in [0.3, 0.4) is 0 Å². The zero-order valence-electron chi connectivity index (χ0n) is 12.0. The van der Waals surface area contributed by atoms with Gasteiger partial charge in [0, 0.05) is 43.7 Å². The third-order valence-corrected chi connectivity index (χ3v) is 4.19. The van der Waals surface area contributed by atoms with Crippen molar-refractivity contribution in [2.24, 2.45) is 0 Å². The topological polar surface area (TPSA) is 24.5 Å². The standard InChI is InChI=1S/C14H26N2OS/c1-12(2)16(9-10-17-4)8-7-15-13(3)14-6-5-11-18-14/h5-6,11-13,15H,7-10H2,1-4H3. The predicted molar refractivity (Wildman–Crippen MR) is 79.3 cm³/mol. The minimum atomic E-state index is 0.446. The molecule has 0 bridgehead atoms. The van der Waals surface area contributed by atoms with Crippen molar-refractivity contribution in [1.29, 1.82) is 0 Å². The van der Waals surface area contributed by atoms with Crippen molar-refractivity contribution in [2.45, 2.75) is 32.9 Å². The molecule has 4 heteroatoms. The van der Waals surface area contributed by atoms with E-state index >= 15 is 0 Å². The fourth-order valence-corrected chi connectivity index (χ4v) is 2.66. The number of rotatable bonds is 9. The van der Waals surface area contributed by atoms with Crippen molar-refractivity contribution in [1.82, 2.24) is 10.2 Å². The molecule has 1 atom stereocenters. The Labute approximate surface area is 115 Å². The minimum Gasteiger partial charge on any atom is -0.383 e. The van der Waals surface area contributed by atoms with Crippen molar-refractivity contribution in [3.8, 4) is 0 Å². The van der Waals surface area contributed by atoms with Gasteiger partial charge in [0.25, 0.3) is 0 Å². The summed E-state index contributed by atoms with van der Waals surface area (Å²) in [5.41, 5.74) is 0. The second-order valence-electron chi connectivity index (χ2n) is 4.81. The first kappa shape index (κ1) is 15.6. The molecular formula is C14H26N2OS. The highest BCUT2D eigenvalue weighted by atomic mass is 32.1. The average molecular weight is 270 g/mol. The number of ether oxygens (including phenoxy) is 1. The van der Waals surface area contributed by atoms with E-state index in [0.29, 0.717) is 12.1 Å². The van der Waals surface area contributed by atoms with Crippen LogP contribution in [-0.2, 0) is 4.74 Å². The Morgan fingerprint density at radius 1 is 1.33 bits per heavy atom. The zero-order valence-corrected chi connectivity index (χ0v) is 12.8. The van der Waals surface area contributed by atoms with Gasteiger partial charge in [0.15, 0.2) is 0 Å². The number of nitrogens with zero attached hydrogens (tertiary/aromatic N) is 1. The van der Waals surface area contributed by atoms with Gasteiger partial charge in [0.2, 0.25) is 0 Å². The summed E-state index contributed by atoms with van der Waals surface area (Å²) in [6.07, 6.45) is 0. The molecule has 0 amide bonds. The first-order valence-electron chi connectivity index (χ1n) is 6.65. The second kappa shape index (κ2) is 8.64. The largest absolute Gasteiger partial charge is 0.383 e. The van der Waals surface area contributed by atoms with Crippen LogP contribution < -0.4 is 5.32 Å². The van der Waals surface area contributed by atoms with E-state index in [2.05, 4.69) is 48.5 Å². The summed E-state index contributed by atoms with van der Waals surface area (Å²) >= 11 is 1.81. The van der Waals surface area contributed by atoms with Crippen LogP contribution in [0, 0.1) is 0 Å². The molecule has 104 valence electrons. The molecule has 0 aliphatic heterocycles. The van der Waals surface area contributed by atoms with E-state index in [1.807, 2.05) is 11.3 Å². The Bertz CT molecular complexity index is 301. The molecule has 0 saturated heterocycles. The molecule has 0 radical (unpaired) electrons. The molecule has 1 rings (SSSR count). The Hall–Kier alpha value is -0.420. The normalized spacial score (nSPS) is 13.4. The summed E-state index contributed by atoms with van der Waals surface area (Å²) in [4.78, 5) is 3.85. The van der Waals surface area contributed by atoms with Crippen LogP contribution in [0.25, 0.3) is 0 Å². The molecule has 0 aliphatic carbocycles. The molecule has 1 heterocycles. The number of methoxy groups -OCH3 is 1. The van der Waals surface area contributed by atoms with Crippen LogP contribution in [0.4, 0.5) is 0 Å². The van der Waals surface area contributed by atoms with E-state index in [0.717, 1.165) is 26.2 Å². The van der Waals surface area contributed by atoms with E-state index in [9.17, 15) is 0 Å². The van der Waals surface area contributed by atoms with Gasteiger partial charge >= 0.3 is 0 Å². The second-order valence-corrected chi connectivity index (χ2v) is 5.79. The van der Waals surface area contributed by atoms with Crippen LogP contribution in [0.15, 0.2) is 17.5 Å². The van der Waals surface area contributed by atoms with Gasteiger partial charge in [-0.3, -0.25) is 4.90 Å². The summed E-state index contributed by atoms with van der Waals surface area (Å²) in [5, 5.41) is 5.71. The molecule has 18 heavy (non-hydrogen) atoms. The fourth-order valence-electron chi connectivity index (χ4n) is 1.90. The van der Waals surface area contributed by atoms with Crippen LogP contribution in [0.1, 0.15) is 31.7 Å². The molecule has 1 N–H and O–H groups in total. The lowest BCUT2D eigenvalue weighted by molar-refractivity contribution is 0.129. The molecule has 0 aliphatic rings. The summed E-state index contributed by atoms with van der Waals surface area (Å²) < 4.78 is 5.15. The fraction of sp³-hybridized carbons (Fsp3) is 0.714. The van der Waals surface area contributed by atoms with E-state index < -0.39 is 0 Å². The van der Waals surface area contributed by atoms with Crippen molar-refractivity contribution in [2.75, 3.05) is 33.4 Å². The SMILES string of the molecule is COCCN(CCNC(C)c1cccs1)C(C)C. The lowest BCUT2D eigenvalue weighted by Crippen LogP contribution is -2.39. The third-order valence-electron chi connectivity index (χ3n) is 3.13. The van der Waals surface area contributed by atoms with Gasteiger partial charge in [-0.1, -0.05) is 6.07 Å². The highest BCUT2D eigenvalue weighted by molar-refractivity contribution is 7.10. The molecule has 0 fully saturated rings. The molecule has 0 aromatic carbocycles. The maximum atomic E-state index is 5.15. The van der Waals surface area contributed by atoms with Crippen molar-refractivity contribution < 1.29 is 4.74 Å². The average Bonchev–Trinajstić information content (AvgIpc) is 2.86. The van der Waals surface area contributed by atoms with Gasteiger partial charge < -0.3 is 10.1 Å². The molecule has 1 aromatic heterocycles. The maximum Gasteiger partial charge on any atom is 0.0589 e. The highest BCUT2D eigenvalue weighted by Gasteiger charge is 2.10. The van der Waals surface area contributed by atoms with Gasteiger partial charge in [-0.25, -0.2) is 0 Å². The van der Waals surface area contributed by atoms with Crippen molar-refractivity contribution in [3.63, 3.8) is 0 Å². The Morgan fingerprint density at radius 2 is 2.11 bits per heavy atom. The zero-order chi connectivity index (χ0) is 13.4. The van der Waals surface area contributed by atoms with E-state index in [1.165, 1.54) is 4.88 Å². The van der Waals surface area contributed by atoms with Crippen LogP contribution in [0.5, 0.6) is 0 Å². The summed E-state index contributed by atoms with van der Waals surface area (Å²) in [6, 6.07) is 5.31. The summed E-state index contributed by atoms with van der Waals surface area (Å²) in [7, 11) is 1.76. The highest BCUT2D eigenvalue weighted by Crippen LogP contribution is 2.17. The Balaban J connectivity index is 2.25. The van der Waals surface area contributed by atoms with Gasteiger partial charge in [-0.15, -0.1) is 11.3 Å². The quantitative estimate of drug-likeness (QED) is 0.747. The minimum absolute atomic E-state index is 0.446. The first-order chi connectivity index (χ1) is 8.65. The molecule has 1 aromatic rings. The molecular weight excluding hydrogens is 244 g/mol. The monoisotopic (exact) mass is 270 g/mol. The van der Waals surface area contributed by atoms with Gasteiger partial charge in [-0.05, 0) is 32.2 Å². The molecule has 3 nitrogen and oxygen atoms in total. The lowest BCUT2D eigenvalue weighted by atomic mass is 10.2. The van der Waals surface area contributed by atoms with Gasteiger partial charge in [-0.2, -0.15) is 0 Å². The lowest BCUT2D eigenvalue weighted by Gasteiger charge is -2.26. The third kappa shape index (κ3) is 5.48. The number of thiophene rings is 1. The number of hydrogen-bond acceptors (Lipinski definition) is 4. The van der Waals surface area contributed by atoms with Gasteiger partial charge in [0.1, 0.15) is 0 Å². The maximum absolute atomic E-state index is 5.15. The van der Waals surface area contributed by atoms with E-state index in [-0.39, 0.29) is 0 Å². The van der Waals surface area contributed by atoms with E-state index in [1.54, 1.807) is 7.11 Å². The molecule has 0 saturated carbocycles. The number of hydrogen-bond donors (Lipinski definition) is 1. The van der Waals surface area contributed by atoms with Gasteiger partial charge in [0.05, 0.1) is 6.61 Å². The van der Waals surface area contributed by atoms with Crippen molar-refractivity contribution >= 4 is 11.3 Å². The van der Waals surface area contributed by atoms with Crippen LogP contribution in [0.2, 0.25) is 0 Å². The smallest absolute Gasteiger partial charge is 0.0589 e. The predicted octanol–water partition coefficient (Wildman–Crippen LogP) is 2.76. The Kier molecular flexibility index (Phi) is 7.51. The number of nitrogens with one attached hydrogen (secondary N) is 1.